The van der Waals surface area contributed by atoms with Crippen molar-refractivity contribution in [2.75, 3.05) is 13.6 Å². The highest BCUT2D eigenvalue weighted by molar-refractivity contribution is 5.98. The van der Waals surface area contributed by atoms with Crippen molar-refractivity contribution in [1.82, 2.24) is 4.90 Å². The van der Waals surface area contributed by atoms with Gasteiger partial charge in [-0.25, -0.2) is 0 Å². The quantitative estimate of drug-likeness (QED) is 0.577. The molecule has 5 heteroatoms. The molecule has 5 nitrogen and oxygen atoms in total. The van der Waals surface area contributed by atoms with Gasteiger partial charge in [0.1, 0.15) is 12.1 Å². The highest BCUT2D eigenvalue weighted by atomic mass is 16.6. The number of nitrogens with zero attached hydrogens (tertiary/aromatic N) is 1. The van der Waals surface area contributed by atoms with Crippen LogP contribution in [0.5, 0.6) is 0 Å². The molecule has 1 aromatic rings. The van der Waals surface area contributed by atoms with Crippen LogP contribution >= 0.6 is 0 Å². The number of hydrogen-bond acceptors (Lipinski definition) is 4. The Morgan fingerprint density at radius 2 is 1.69 bits per heavy atom. The van der Waals surface area contributed by atoms with Crippen LogP contribution in [0.3, 0.4) is 0 Å². The van der Waals surface area contributed by atoms with Crippen LogP contribution in [0.15, 0.2) is 18.2 Å². The minimum Gasteiger partial charge on any atom is -0.459 e. The second kappa shape index (κ2) is 8.47. The van der Waals surface area contributed by atoms with Crippen LogP contribution in [0.1, 0.15) is 67.9 Å². The van der Waals surface area contributed by atoms with E-state index in [4.69, 9.17) is 4.74 Å². The Morgan fingerprint density at radius 3 is 2.35 bits per heavy atom. The lowest BCUT2D eigenvalue weighted by molar-refractivity contribution is -0.158. The maximum atomic E-state index is 12.4. The summed E-state index contributed by atoms with van der Waals surface area (Å²) in [4.78, 5) is 37.7. The number of amides is 1. The van der Waals surface area contributed by atoms with Gasteiger partial charge in [-0.2, -0.15) is 0 Å². The number of carbonyl (C=O) groups excluding carboxylic acids is 3. The molecular formula is C21H29NO4. The molecule has 0 radical (unpaired) electrons. The van der Waals surface area contributed by atoms with Gasteiger partial charge in [0.15, 0.2) is 5.78 Å². The number of rotatable bonds is 6. The first kappa shape index (κ1) is 20.1. The van der Waals surface area contributed by atoms with Gasteiger partial charge in [-0.15, -0.1) is 0 Å². The first-order chi connectivity index (χ1) is 12.2. The maximum absolute atomic E-state index is 12.4. The summed E-state index contributed by atoms with van der Waals surface area (Å²) in [6, 6.07) is 5.88. The van der Waals surface area contributed by atoms with Gasteiger partial charge in [-0.1, -0.05) is 12.1 Å². The second-order valence-electron chi connectivity index (χ2n) is 7.95. The zero-order chi connectivity index (χ0) is 19.3. The largest absolute Gasteiger partial charge is 0.459 e. The van der Waals surface area contributed by atoms with Gasteiger partial charge in [0.05, 0.1) is 0 Å². The Bertz CT molecular complexity index is 688. The summed E-state index contributed by atoms with van der Waals surface area (Å²) < 4.78 is 5.21. The molecule has 0 saturated carbocycles. The Morgan fingerprint density at radius 1 is 1.04 bits per heavy atom. The molecule has 0 saturated heterocycles. The first-order valence-corrected chi connectivity index (χ1v) is 9.26. The highest BCUT2D eigenvalue weighted by Gasteiger charge is 2.20. The minimum absolute atomic E-state index is 0.0302. The molecule has 0 spiro atoms. The van der Waals surface area contributed by atoms with Gasteiger partial charge in [0, 0.05) is 25.5 Å². The third-order valence-electron chi connectivity index (χ3n) is 4.45. The molecule has 1 aliphatic carbocycles. The standard InChI is InChI=1S/C21H29NO4/c1-21(2,3)26-20(25)14-22(4)19(24)12-11-18(23)17-10-9-15-7-5-6-8-16(15)13-17/h9-10,13H,5-8,11-12,14H2,1-4H3. The van der Waals surface area contributed by atoms with Gasteiger partial charge in [0.25, 0.3) is 0 Å². The van der Waals surface area contributed by atoms with Crippen molar-refractivity contribution >= 4 is 17.7 Å². The predicted octanol–water partition coefficient (Wildman–Crippen LogP) is 3.33. The van der Waals surface area contributed by atoms with Crippen LogP contribution in [0, 0.1) is 0 Å². The Labute approximate surface area is 155 Å². The predicted molar refractivity (Wildman–Crippen MR) is 100 cm³/mol. The summed E-state index contributed by atoms with van der Waals surface area (Å²) in [5.74, 6) is -0.714. The van der Waals surface area contributed by atoms with E-state index in [0.29, 0.717) is 5.56 Å². The molecular weight excluding hydrogens is 330 g/mol. The smallest absolute Gasteiger partial charge is 0.326 e. The zero-order valence-electron chi connectivity index (χ0n) is 16.3. The number of fused-ring (bicyclic) bond motifs is 1. The van der Waals surface area contributed by atoms with Gasteiger partial charge in [-0.05, 0) is 63.6 Å². The number of benzene rings is 1. The molecule has 0 fully saturated rings. The second-order valence-corrected chi connectivity index (χ2v) is 7.95. The van der Waals surface area contributed by atoms with E-state index in [1.165, 1.54) is 28.9 Å². The van der Waals surface area contributed by atoms with E-state index in [2.05, 4.69) is 0 Å². The molecule has 0 heterocycles. The van der Waals surface area contributed by atoms with Crippen molar-refractivity contribution in [2.24, 2.45) is 0 Å². The van der Waals surface area contributed by atoms with E-state index in [-0.39, 0.29) is 31.1 Å². The monoisotopic (exact) mass is 359 g/mol. The van der Waals surface area contributed by atoms with Crippen molar-refractivity contribution in [1.29, 1.82) is 0 Å². The number of hydrogen-bond donors (Lipinski definition) is 0. The Balaban J connectivity index is 1.84. The lowest BCUT2D eigenvalue weighted by Crippen LogP contribution is -2.36. The summed E-state index contributed by atoms with van der Waals surface area (Å²) in [6.45, 7) is 5.24. The third kappa shape index (κ3) is 5.97. The molecule has 1 aliphatic rings. The number of ketones is 1. The van der Waals surface area contributed by atoms with Gasteiger partial charge in [0.2, 0.25) is 5.91 Å². The highest BCUT2D eigenvalue weighted by Crippen LogP contribution is 2.23. The maximum Gasteiger partial charge on any atom is 0.326 e. The topological polar surface area (TPSA) is 63.7 Å². The number of carbonyl (C=O) groups is 3. The average Bonchev–Trinajstić information content (AvgIpc) is 2.57. The fourth-order valence-corrected chi connectivity index (χ4v) is 3.12. The summed E-state index contributed by atoms with van der Waals surface area (Å²) >= 11 is 0. The molecule has 1 aromatic carbocycles. The van der Waals surface area contributed by atoms with Crippen molar-refractivity contribution in [2.45, 2.75) is 64.9 Å². The summed E-state index contributed by atoms with van der Waals surface area (Å²) in [6.07, 6.45) is 4.72. The normalized spacial score (nSPS) is 13.7. The number of likely N-dealkylation sites (N-methyl/N-ethyl adjacent to an activating group) is 1. The van der Waals surface area contributed by atoms with Crippen LogP contribution in [0.2, 0.25) is 0 Å². The van der Waals surface area contributed by atoms with Crippen LogP contribution in [0.4, 0.5) is 0 Å². The van der Waals surface area contributed by atoms with Crippen molar-refractivity contribution in [3.8, 4) is 0 Å². The van der Waals surface area contributed by atoms with Gasteiger partial charge < -0.3 is 9.64 Å². The Hall–Kier alpha value is -2.17. The SMILES string of the molecule is CN(CC(=O)OC(C)(C)C)C(=O)CCC(=O)c1ccc2c(c1)CCCC2. The molecule has 0 unspecified atom stereocenters. The lowest BCUT2D eigenvalue weighted by Gasteiger charge is -2.22. The molecule has 0 atom stereocenters. The first-order valence-electron chi connectivity index (χ1n) is 9.26. The Kier molecular flexibility index (Phi) is 6.57. The van der Waals surface area contributed by atoms with Crippen LogP contribution in [-0.2, 0) is 27.2 Å². The van der Waals surface area contributed by atoms with Crippen LogP contribution in [0.25, 0.3) is 0 Å². The summed E-state index contributed by atoms with van der Waals surface area (Å²) in [5, 5.41) is 0. The number of aryl methyl sites for hydroxylation is 2. The van der Waals surface area contributed by atoms with Gasteiger partial charge >= 0.3 is 5.97 Å². The van der Waals surface area contributed by atoms with Crippen LogP contribution in [-0.4, -0.2) is 41.8 Å². The number of ether oxygens (including phenoxy) is 1. The fraction of sp³-hybridized carbons (Fsp3) is 0.571. The fourth-order valence-electron chi connectivity index (χ4n) is 3.12. The average molecular weight is 359 g/mol. The molecule has 26 heavy (non-hydrogen) atoms. The molecule has 0 N–H and O–H groups in total. The molecule has 142 valence electrons. The van der Waals surface area contributed by atoms with E-state index in [1.54, 1.807) is 27.8 Å². The van der Waals surface area contributed by atoms with Gasteiger partial charge in [-0.3, -0.25) is 14.4 Å². The lowest BCUT2D eigenvalue weighted by atomic mass is 9.89. The van der Waals surface area contributed by atoms with Crippen molar-refractivity contribution in [3.63, 3.8) is 0 Å². The molecule has 2 rings (SSSR count). The third-order valence-corrected chi connectivity index (χ3v) is 4.45. The molecule has 0 bridgehead atoms. The van der Waals surface area contributed by atoms with E-state index >= 15 is 0 Å². The number of esters is 1. The zero-order valence-corrected chi connectivity index (χ0v) is 16.3. The van der Waals surface area contributed by atoms with E-state index in [0.717, 1.165) is 12.8 Å². The van der Waals surface area contributed by atoms with Crippen LogP contribution < -0.4 is 0 Å². The van der Waals surface area contributed by atoms with Crippen molar-refractivity contribution in [3.05, 3.63) is 34.9 Å². The van der Waals surface area contributed by atoms with E-state index in [9.17, 15) is 14.4 Å². The van der Waals surface area contributed by atoms with Crippen molar-refractivity contribution < 1.29 is 19.1 Å². The molecule has 1 amide bonds. The molecule has 0 aromatic heterocycles. The van der Waals surface area contributed by atoms with E-state index in [1.807, 2.05) is 18.2 Å². The minimum atomic E-state index is -0.580. The number of Topliss-reactive ketones (excluding diaryl/α,β-unsaturated/α-hetero) is 1. The molecule has 0 aliphatic heterocycles. The summed E-state index contributed by atoms with van der Waals surface area (Å²) in [5.41, 5.74) is 2.69. The van der Waals surface area contributed by atoms with E-state index < -0.39 is 11.6 Å². The summed E-state index contributed by atoms with van der Waals surface area (Å²) in [7, 11) is 1.55.